The maximum atomic E-state index is 11.4. The lowest BCUT2D eigenvalue weighted by Gasteiger charge is -2.09. The Hall–Kier alpha value is -1.95. The minimum Gasteiger partial charge on any atom is -0.480 e. The molecule has 222 valence electrons. The van der Waals surface area contributed by atoms with Crippen LogP contribution in [0.25, 0.3) is 10.4 Å². The van der Waals surface area contributed by atoms with Crippen LogP contribution < -0.4 is 5.48 Å². The molecule has 0 amide bonds. The van der Waals surface area contributed by atoms with Crippen molar-refractivity contribution in [3.05, 3.63) is 10.4 Å². The fraction of sp³-hybridized carbons (Fsp3) is 0.909. The summed E-state index contributed by atoms with van der Waals surface area (Å²) in [4.78, 5) is 29.4. The Balaban J connectivity index is 3.10. The molecule has 0 aromatic heterocycles. The zero-order chi connectivity index (χ0) is 27.8. The number of ketones is 1. The van der Waals surface area contributed by atoms with Crippen molar-refractivity contribution in [3.63, 3.8) is 0 Å². The zero-order valence-corrected chi connectivity index (χ0v) is 21.9. The van der Waals surface area contributed by atoms with Gasteiger partial charge in [-0.05, 0) is 5.53 Å². The molecule has 0 fully saturated rings. The summed E-state index contributed by atoms with van der Waals surface area (Å²) < 4.78 is 42.1. The lowest BCUT2D eigenvalue weighted by Crippen LogP contribution is -2.23. The second-order valence-corrected chi connectivity index (χ2v) is 7.16. The van der Waals surface area contributed by atoms with Crippen molar-refractivity contribution in [2.45, 2.75) is 6.42 Å². The third-order valence-electron chi connectivity index (χ3n) is 4.06. The summed E-state index contributed by atoms with van der Waals surface area (Å²) in [6.45, 7) is 6.45. The lowest BCUT2D eigenvalue weighted by molar-refractivity contribution is -0.143. The maximum Gasteiger partial charge on any atom is 0.329 e. The van der Waals surface area contributed by atoms with Crippen molar-refractivity contribution in [2.24, 2.45) is 5.11 Å². The molecule has 0 radical (unpaired) electrons. The van der Waals surface area contributed by atoms with E-state index >= 15 is 0 Å². The molecule has 0 saturated carbocycles. The third kappa shape index (κ3) is 32.1. The number of Topliss-reactive ketones (excluding diaryl/α,β-unsaturated/α-hetero) is 1. The predicted molar refractivity (Wildman–Crippen MR) is 132 cm³/mol. The molecule has 16 nitrogen and oxygen atoms in total. The number of azide groups is 1. The average molecular weight is 555 g/mol. The van der Waals surface area contributed by atoms with E-state index in [9.17, 15) is 9.59 Å². The summed E-state index contributed by atoms with van der Waals surface area (Å²) in [5.74, 6) is -1.32. The summed E-state index contributed by atoms with van der Waals surface area (Å²) in [7, 11) is 0. The van der Waals surface area contributed by atoms with Crippen LogP contribution in [0.3, 0.4) is 0 Å². The average Bonchev–Trinajstić information content (AvgIpc) is 2.90. The number of carbonyl (C=O) groups excluding carboxylic acids is 1. The number of hydroxylamine groups is 1. The molecule has 0 aromatic carbocycles. The Kier molecular flexibility index (Phi) is 29.7. The zero-order valence-electron chi connectivity index (χ0n) is 21.9. The van der Waals surface area contributed by atoms with Crippen LogP contribution in [0.1, 0.15) is 6.42 Å². The van der Waals surface area contributed by atoms with Gasteiger partial charge in [-0.15, -0.1) is 0 Å². The van der Waals surface area contributed by atoms with Crippen LogP contribution in [0.5, 0.6) is 0 Å². The Labute approximate surface area is 222 Å². The number of hydrogen-bond acceptors (Lipinski definition) is 13. The Morgan fingerprint density at radius 3 is 1.47 bits per heavy atom. The van der Waals surface area contributed by atoms with Crippen LogP contribution in [0.2, 0.25) is 0 Å². The molecule has 0 atom stereocenters. The van der Waals surface area contributed by atoms with Gasteiger partial charge in [0.25, 0.3) is 0 Å². The molecule has 0 aromatic rings. The van der Waals surface area contributed by atoms with Gasteiger partial charge in [0, 0.05) is 24.4 Å². The molecule has 0 heterocycles. The van der Waals surface area contributed by atoms with Crippen molar-refractivity contribution in [3.8, 4) is 0 Å². The smallest absolute Gasteiger partial charge is 0.329 e. The standard InChI is InChI=1S/C22H42N4O12/c23-26-24-3-4-30-5-6-31-7-8-32-9-10-33-11-12-34-13-14-35-15-16-36-17-18-38-25-2-1-21(27)19-37-20-22(28)29/h25H,1-20H2,(H,28,29). The fourth-order valence-electron chi connectivity index (χ4n) is 2.33. The number of aliphatic carboxylic acids is 1. The minimum atomic E-state index is -1.11. The first-order valence-electron chi connectivity index (χ1n) is 12.4. The van der Waals surface area contributed by atoms with Crippen molar-refractivity contribution >= 4 is 11.8 Å². The number of nitrogens with one attached hydrogen (secondary N) is 1. The molecule has 2 N–H and O–H groups in total. The molecule has 0 rings (SSSR count). The quantitative estimate of drug-likeness (QED) is 0.0370. The highest BCUT2D eigenvalue weighted by molar-refractivity contribution is 5.80. The van der Waals surface area contributed by atoms with Crippen molar-refractivity contribution in [1.29, 1.82) is 0 Å². The molecular formula is C22H42N4O12. The van der Waals surface area contributed by atoms with Gasteiger partial charge in [-0.3, -0.25) is 9.63 Å². The van der Waals surface area contributed by atoms with E-state index in [2.05, 4.69) is 15.5 Å². The van der Waals surface area contributed by atoms with Gasteiger partial charge in [0.15, 0.2) is 5.78 Å². The Morgan fingerprint density at radius 2 is 1.05 bits per heavy atom. The number of carboxylic acids is 1. The Bertz CT molecular complexity index is 597. The molecule has 0 unspecified atom stereocenters. The number of carboxylic acid groups (broad SMARTS) is 1. The first-order valence-corrected chi connectivity index (χ1v) is 12.4. The van der Waals surface area contributed by atoms with Gasteiger partial charge >= 0.3 is 5.97 Å². The monoisotopic (exact) mass is 554 g/mol. The van der Waals surface area contributed by atoms with Crippen molar-refractivity contribution in [2.75, 3.05) is 125 Å². The van der Waals surface area contributed by atoms with Crippen LogP contribution in [0, 0.1) is 0 Å². The third-order valence-corrected chi connectivity index (χ3v) is 4.06. The number of hydrogen-bond donors (Lipinski definition) is 2. The van der Waals surface area contributed by atoms with Crippen LogP contribution in [-0.2, 0) is 52.3 Å². The molecule has 16 heteroatoms. The molecule has 0 spiro atoms. The van der Waals surface area contributed by atoms with Crippen molar-refractivity contribution in [1.82, 2.24) is 5.48 Å². The molecule has 0 aliphatic carbocycles. The first kappa shape index (κ1) is 36.0. The van der Waals surface area contributed by atoms with Crippen LogP contribution in [-0.4, -0.2) is 142 Å². The van der Waals surface area contributed by atoms with Gasteiger partial charge in [-0.2, -0.15) is 0 Å². The Morgan fingerprint density at radius 1 is 0.632 bits per heavy atom. The van der Waals surface area contributed by atoms with Crippen LogP contribution in [0.4, 0.5) is 0 Å². The summed E-state index contributed by atoms with van der Waals surface area (Å²) in [6.07, 6.45) is 0.175. The summed E-state index contributed by atoms with van der Waals surface area (Å²) in [6, 6.07) is 0. The minimum absolute atomic E-state index is 0.175. The van der Waals surface area contributed by atoms with E-state index in [-0.39, 0.29) is 18.8 Å². The SMILES string of the molecule is [N-]=[N+]=NCCOCCOCCOCCOCCOCCOCCOCCONCCC(=O)COCC(=O)O. The van der Waals surface area contributed by atoms with Crippen molar-refractivity contribution < 1.29 is 57.4 Å². The fourth-order valence-corrected chi connectivity index (χ4v) is 2.33. The van der Waals surface area contributed by atoms with Gasteiger partial charge in [-0.25, -0.2) is 10.3 Å². The van der Waals surface area contributed by atoms with E-state index in [1.807, 2.05) is 0 Å². The van der Waals surface area contributed by atoms with Crippen LogP contribution in [0.15, 0.2) is 5.11 Å². The van der Waals surface area contributed by atoms with Gasteiger partial charge in [-0.1, -0.05) is 5.11 Å². The topological polar surface area (TPSA) is 198 Å². The molecule has 0 aliphatic heterocycles. The van der Waals surface area contributed by atoms with Gasteiger partial charge in [0.1, 0.15) is 13.2 Å². The van der Waals surface area contributed by atoms with E-state index in [0.29, 0.717) is 112 Å². The highest BCUT2D eigenvalue weighted by Gasteiger charge is 2.04. The summed E-state index contributed by atoms with van der Waals surface area (Å²) >= 11 is 0. The number of carbonyl (C=O) groups is 2. The lowest BCUT2D eigenvalue weighted by atomic mass is 10.3. The number of rotatable bonds is 32. The van der Waals surface area contributed by atoms with E-state index < -0.39 is 12.6 Å². The molecule has 0 bridgehead atoms. The largest absolute Gasteiger partial charge is 0.480 e. The summed E-state index contributed by atoms with van der Waals surface area (Å²) in [5.41, 5.74) is 10.7. The molecule has 0 aliphatic rings. The van der Waals surface area contributed by atoms with Gasteiger partial charge in [0.05, 0.1) is 99.1 Å². The van der Waals surface area contributed by atoms with E-state index in [1.165, 1.54) is 0 Å². The van der Waals surface area contributed by atoms with E-state index in [4.69, 9.17) is 53.4 Å². The number of ether oxygens (including phenoxy) is 8. The van der Waals surface area contributed by atoms with E-state index in [1.54, 1.807) is 0 Å². The highest BCUT2D eigenvalue weighted by Crippen LogP contribution is 1.87. The number of nitrogens with zero attached hydrogens (tertiary/aromatic N) is 3. The van der Waals surface area contributed by atoms with E-state index in [0.717, 1.165) is 0 Å². The van der Waals surface area contributed by atoms with Gasteiger partial charge < -0.3 is 43.0 Å². The summed E-state index contributed by atoms with van der Waals surface area (Å²) in [5, 5.41) is 11.8. The molecular weight excluding hydrogens is 512 g/mol. The first-order chi connectivity index (χ1) is 18.7. The van der Waals surface area contributed by atoms with Gasteiger partial charge in [0.2, 0.25) is 0 Å². The molecule has 0 saturated heterocycles. The maximum absolute atomic E-state index is 11.4. The normalized spacial score (nSPS) is 10.9. The second-order valence-electron chi connectivity index (χ2n) is 7.16. The predicted octanol–water partition coefficient (Wildman–Crippen LogP) is -0.00550. The second kappa shape index (κ2) is 31.3. The molecule has 38 heavy (non-hydrogen) atoms. The van der Waals surface area contributed by atoms with Crippen LogP contribution >= 0.6 is 0 Å². The highest BCUT2D eigenvalue weighted by atomic mass is 16.7.